The van der Waals surface area contributed by atoms with Crippen LogP contribution in [0.5, 0.6) is 11.5 Å². The molecule has 0 spiro atoms. The van der Waals surface area contributed by atoms with Gasteiger partial charge in [-0.3, -0.25) is 4.79 Å². The number of nitrogens with zero attached hydrogens (tertiary/aromatic N) is 1. The van der Waals surface area contributed by atoms with Crippen LogP contribution in [0.25, 0.3) is 0 Å². The van der Waals surface area contributed by atoms with Crippen LogP contribution >= 0.6 is 0 Å². The molecule has 2 N–H and O–H groups in total. The Morgan fingerprint density at radius 2 is 2.00 bits per heavy atom. The maximum Gasteiger partial charge on any atom is 0.341 e. The van der Waals surface area contributed by atoms with Gasteiger partial charge >= 0.3 is 5.97 Å². The summed E-state index contributed by atoms with van der Waals surface area (Å²) < 4.78 is 10.6. The molecule has 3 rings (SSSR count). The van der Waals surface area contributed by atoms with Gasteiger partial charge in [0.2, 0.25) is 0 Å². The molecule has 142 valence electrons. The summed E-state index contributed by atoms with van der Waals surface area (Å²) in [5.41, 5.74) is 2.26. The number of anilines is 1. The first-order chi connectivity index (χ1) is 13.0. The molecule has 0 bridgehead atoms. The quantitative estimate of drug-likeness (QED) is 0.778. The number of hydrogen-bond acceptors (Lipinski definition) is 5. The van der Waals surface area contributed by atoms with Gasteiger partial charge in [-0.05, 0) is 36.2 Å². The molecule has 27 heavy (non-hydrogen) atoms. The highest BCUT2D eigenvalue weighted by Gasteiger charge is 2.32. The van der Waals surface area contributed by atoms with Crippen LogP contribution in [0.3, 0.4) is 0 Å². The molecule has 0 fully saturated rings. The average Bonchev–Trinajstić information content (AvgIpc) is 2.68. The zero-order valence-corrected chi connectivity index (χ0v) is 15.3. The second-order valence-corrected chi connectivity index (χ2v) is 6.18. The van der Waals surface area contributed by atoms with Crippen LogP contribution in [0, 0.1) is 0 Å². The number of benzene rings is 2. The number of methoxy groups -OCH3 is 1. The molecule has 0 unspecified atom stereocenters. The molecular weight excluding hydrogens is 348 g/mol. The molecule has 0 aromatic heterocycles. The van der Waals surface area contributed by atoms with Crippen molar-refractivity contribution in [2.24, 2.45) is 0 Å². The fourth-order valence-electron chi connectivity index (χ4n) is 3.14. The molecular formula is C20H22N2O5. The molecule has 1 amide bonds. The van der Waals surface area contributed by atoms with Crippen LogP contribution in [-0.4, -0.2) is 42.1 Å². The molecule has 1 atom stereocenters. The molecule has 1 aliphatic rings. The SMILES string of the molecule is CCCN1C(=O)c2ccccc2N[C@@H]1c1ccc(OCC(=O)O)c(OC)c1. The Morgan fingerprint density at radius 3 is 2.70 bits per heavy atom. The third-order valence-electron chi connectivity index (χ3n) is 4.34. The maximum atomic E-state index is 13.0. The summed E-state index contributed by atoms with van der Waals surface area (Å²) in [6.07, 6.45) is 0.470. The average molecular weight is 370 g/mol. The lowest BCUT2D eigenvalue weighted by molar-refractivity contribution is -0.139. The van der Waals surface area contributed by atoms with E-state index < -0.39 is 12.6 Å². The van der Waals surface area contributed by atoms with Gasteiger partial charge in [-0.25, -0.2) is 4.79 Å². The Hall–Kier alpha value is -3.22. The largest absolute Gasteiger partial charge is 0.493 e. The minimum Gasteiger partial charge on any atom is -0.493 e. The van der Waals surface area contributed by atoms with E-state index in [0.29, 0.717) is 23.6 Å². The van der Waals surface area contributed by atoms with Crippen LogP contribution < -0.4 is 14.8 Å². The summed E-state index contributed by atoms with van der Waals surface area (Å²) >= 11 is 0. The number of para-hydroxylation sites is 1. The number of rotatable bonds is 7. The first-order valence-electron chi connectivity index (χ1n) is 8.74. The molecule has 7 heteroatoms. The minimum absolute atomic E-state index is 0.0265. The van der Waals surface area contributed by atoms with Crippen molar-refractivity contribution < 1.29 is 24.2 Å². The molecule has 7 nitrogen and oxygen atoms in total. The minimum atomic E-state index is -1.06. The number of carboxylic acids is 1. The second-order valence-electron chi connectivity index (χ2n) is 6.18. The number of hydrogen-bond donors (Lipinski definition) is 2. The van der Waals surface area contributed by atoms with Gasteiger partial charge < -0.3 is 24.8 Å². The second kappa shape index (κ2) is 7.99. The van der Waals surface area contributed by atoms with E-state index in [4.69, 9.17) is 14.6 Å². The van der Waals surface area contributed by atoms with Crippen molar-refractivity contribution in [3.8, 4) is 11.5 Å². The number of nitrogens with one attached hydrogen (secondary N) is 1. The van der Waals surface area contributed by atoms with Crippen molar-refractivity contribution >= 4 is 17.6 Å². The van der Waals surface area contributed by atoms with E-state index >= 15 is 0 Å². The first-order valence-corrected chi connectivity index (χ1v) is 8.74. The summed E-state index contributed by atoms with van der Waals surface area (Å²) in [4.78, 5) is 25.5. The van der Waals surface area contributed by atoms with Crippen molar-refractivity contribution in [2.75, 3.05) is 25.6 Å². The number of carbonyl (C=O) groups excluding carboxylic acids is 1. The molecule has 0 aliphatic carbocycles. The van der Waals surface area contributed by atoms with Crippen molar-refractivity contribution in [1.29, 1.82) is 0 Å². The van der Waals surface area contributed by atoms with Gasteiger partial charge in [-0.2, -0.15) is 0 Å². The van der Waals surface area contributed by atoms with Gasteiger partial charge in [0.05, 0.1) is 12.7 Å². The number of amides is 1. The Kier molecular flexibility index (Phi) is 5.49. The van der Waals surface area contributed by atoms with Crippen molar-refractivity contribution in [2.45, 2.75) is 19.5 Å². The molecule has 0 saturated heterocycles. The van der Waals surface area contributed by atoms with E-state index in [0.717, 1.165) is 17.7 Å². The van der Waals surface area contributed by atoms with Gasteiger partial charge in [-0.15, -0.1) is 0 Å². The standard InChI is InChI=1S/C20H22N2O5/c1-3-10-22-19(21-15-7-5-4-6-14(15)20(22)25)13-8-9-16(17(11-13)26-2)27-12-18(23)24/h4-9,11,19,21H,3,10,12H2,1-2H3,(H,23,24)/t19-/m0/s1. The Balaban J connectivity index is 1.95. The van der Waals surface area contributed by atoms with Gasteiger partial charge in [0.15, 0.2) is 18.1 Å². The third-order valence-corrected chi connectivity index (χ3v) is 4.34. The lowest BCUT2D eigenvalue weighted by Gasteiger charge is -2.38. The highest BCUT2D eigenvalue weighted by Crippen LogP contribution is 2.36. The molecule has 2 aromatic rings. The van der Waals surface area contributed by atoms with E-state index in [1.54, 1.807) is 23.1 Å². The molecule has 0 saturated carbocycles. The normalized spacial score (nSPS) is 15.7. The van der Waals surface area contributed by atoms with E-state index in [2.05, 4.69) is 5.32 Å². The highest BCUT2D eigenvalue weighted by atomic mass is 16.5. The molecule has 2 aromatic carbocycles. The Morgan fingerprint density at radius 1 is 1.22 bits per heavy atom. The van der Waals surface area contributed by atoms with Crippen LogP contribution in [0.15, 0.2) is 42.5 Å². The lowest BCUT2D eigenvalue weighted by atomic mass is 10.0. The number of fused-ring (bicyclic) bond motifs is 1. The van der Waals surface area contributed by atoms with E-state index in [1.807, 2.05) is 31.2 Å². The molecule has 1 heterocycles. The Bertz CT molecular complexity index is 852. The Labute approximate surface area is 157 Å². The van der Waals surface area contributed by atoms with Gasteiger partial charge in [0.25, 0.3) is 5.91 Å². The van der Waals surface area contributed by atoms with Gasteiger partial charge in [0.1, 0.15) is 6.17 Å². The number of ether oxygens (including phenoxy) is 2. The predicted octanol–water partition coefficient (Wildman–Crippen LogP) is 3.14. The maximum absolute atomic E-state index is 13.0. The molecule has 0 radical (unpaired) electrons. The summed E-state index contributed by atoms with van der Waals surface area (Å²) in [6.45, 7) is 2.17. The predicted molar refractivity (Wildman–Crippen MR) is 100 cm³/mol. The lowest BCUT2D eigenvalue weighted by Crippen LogP contribution is -2.43. The number of aliphatic carboxylic acids is 1. The topological polar surface area (TPSA) is 88.1 Å². The summed E-state index contributed by atoms with van der Waals surface area (Å²) in [7, 11) is 1.49. The summed E-state index contributed by atoms with van der Waals surface area (Å²) in [5.74, 6) is -0.334. The monoisotopic (exact) mass is 370 g/mol. The third kappa shape index (κ3) is 3.81. The summed E-state index contributed by atoms with van der Waals surface area (Å²) in [6, 6.07) is 12.7. The van der Waals surface area contributed by atoms with E-state index in [1.165, 1.54) is 7.11 Å². The van der Waals surface area contributed by atoms with Crippen molar-refractivity contribution in [3.63, 3.8) is 0 Å². The first kappa shape index (κ1) is 18.6. The van der Waals surface area contributed by atoms with Gasteiger partial charge in [-0.1, -0.05) is 25.1 Å². The fourth-order valence-corrected chi connectivity index (χ4v) is 3.14. The van der Waals surface area contributed by atoms with Gasteiger partial charge in [0, 0.05) is 12.2 Å². The zero-order valence-electron chi connectivity index (χ0n) is 15.3. The van der Waals surface area contributed by atoms with E-state index in [-0.39, 0.29) is 12.1 Å². The fraction of sp³-hybridized carbons (Fsp3) is 0.300. The van der Waals surface area contributed by atoms with Crippen LogP contribution in [0.2, 0.25) is 0 Å². The zero-order chi connectivity index (χ0) is 19.4. The van der Waals surface area contributed by atoms with Crippen LogP contribution in [-0.2, 0) is 4.79 Å². The number of carboxylic acid groups (broad SMARTS) is 1. The highest BCUT2D eigenvalue weighted by molar-refractivity contribution is 6.01. The van der Waals surface area contributed by atoms with Crippen LogP contribution in [0.4, 0.5) is 5.69 Å². The van der Waals surface area contributed by atoms with E-state index in [9.17, 15) is 9.59 Å². The smallest absolute Gasteiger partial charge is 0.341 e. The summed E-state index contributed by atoms with van der Waals surface area (Å²) in [5, 5.41) is 12.2. The number of carbonyl (C=O) groups is 2. The molecule has 1 aliphatic heterocycles. The van der Waals surface area contributed by atoms with Crippen molar-refractivity contribution in [1.82, 2.24) is 4.90 Å². The van der Waals surface area contributed by atoms with Crippen LogP contribution in [0.1, 0.15) is 35.4 Å². The van der Waals surface area contributed by atoms with Crippen molar-refractivity contribution in [3.05, 3.63) is 53.6 Å².